The molecule has 0 saturated carbocycles. The molecule has 0 aliphatic heterocycles. The van der Waals surface area contributed by atoms with E-state index in [1.165, 1.54) is 0 Å². The predicted octanol–water partition coefficient (Wildman–Crippen LogP) is 1.53. The Labute approximate surface area is 120 Å². The summed E-state index contributed by atoms with van der Waals surface area (Å²) in [5.41, 5.74) is 0. The Morgan fingerprint density at radius 3 is 2.65 bits per heavy atom. The van der Waals surface area contributed by atoms with Crippen molar-refractivity contribution < 1.29 is 14.3 Å². The van der Waals surface area contributed by atoms with Crippen LogP contribution in [0.4, 0.5) is 0 Å². The molecule has 0 aliphatic rings. The first-order valence-electron chi connectivity index (χ1n) is 6.80. The highest BCUT2D eigenvalue weighted by atomic mass is 16.5. The number of hydrogen-bond acceptors (Lipinski definition) is 4. The number of methoxy groups -OCH3 is 1. The van der Waals surface area contributed by atoms with Gasteiger partial charge < -0.3 is 19.7 Å². The van der Waals surface area contributed by atoms with Crippen LogP contribution in [0.1, 0.15) is 13.3 Å². The fraction of sp³-hybridized carbons (Fsp3) is 0.533. The van der Waals surface area contributed by atoms with Crippen LogP contribution < -0.4 is 14.8 Å². The molecule has 20 heavy (non-hydrogen) atoms. The van der Waals surface area contributed by atoms with Crippen molar-refractivity contribution in [1.29, 1.82) is 0 Å². The highest BCUT2D eigenvalue weighted by molar-refractivity contribution is 5.81. The van der Waals surface area contributed by atoms with E-state index in [9.17, 15) is 4.79 Å². The molecule has 112 valence electrons. The molecule has 0 radical (unpaired) electrons. The SMILES string of the molecule is CC[C@@H](Oc1cccc(OC)c1)C(=O)NCCN(C)C. The van der Waals surface area contributed by atoms with Gasteiger partial charge in [0.15, 0.2) is 6.10 Å². The lowest BCUT2D eigenvalue weighted by atomic mass is 10.2. The Morgan fingerprint density at radius 2 is 2.05 bits per heavy atom. The van der Waals surface area contributed by atoms with Gasteiger partial charge in [0.2, 0.25) is 0 Å². The number of nitrogens with zero attached hydrogens (tertiary/aromatic N) is 1. The minimum atomic E-state index is -0.482. The first-order chi connectivity index (χ1) is 9.56. The normalized spacial score (nSPS) is 12.1. The van der Waals surface area contributed by atoms with Crippen molar-refractivity contribution in [3.05, 3.63) is 24.3 Å². The Hall–Kier alpha value is -1.75. The number of amides is 1. The molecule has 0 saturated heterocycles. The van der Waals surface area contributed by atoms with Gasteiger partial charge in [-0.15, -0.1) is 0 Å². The van der Waals surface area contributed by atoms with Crippen LogP contribution in [0, 0.1) is 0 Å². The molecule has 1 atom stereocenters. The summed E-state index contributed by atoms with van der Waals surface area (Å²) in [7, 11) is 5.54. The molecule has 0 bridgehead atoms. The summed E-state index contributed by atoms with van der Waals surface area (Å²) in [6, 6.07) is 7.27. The molecule has 0 unspecified atom stereocenters. The van der Waals surface area contributed by atoms with Crippen molar-refractivity contribution in [3.63, 3.8) is 0 Å². The zero-order chi connectivity index (χ0) is 15.0. The second-order valence-electron chi connectivity index (χ2n) is 4.79. The molecule has 5 heteroatoms. The van der Waals surface area contributed by atoms with Crippen molar-refractivity contribution in [2.24, 2.45) is 0 Å². The van der Waals surface area contributed by atoms with Crippen LogP contribution in [0.5, 0.6) is 11.5 Å². The van der Waals surface area contributed by atoms with Crippen LogP contribution in [-0.4, -0.2) is 51.2 Å². The van der Waals surface area contributed by atoms with Gasteiger partial charge in [0.25, 0.3) is 5.91 Å². The predicted molar refractivity (Wildman–Crippen MR) is 79.3 cm³/mol. The number of rotatable bonds is 8. The van der Waals surface area contributed by atoms with Crippen LogP contribution >= 0.6 is 0 Å². The Morgan fingerprint density at radius 1 is 1.35 bits per heavy atom. The van der Waals surface area contributed by atoms with Gasteiger partial charge in [0.05, 0.1) is 7.11 Å². The van der Waals surface area contributed by atoms with Crippen molar-refractivity contribution >= 4 is 5.91 Å². The fourth-order valence-corrected chi connectivity index (χ4v) is 1.68. The van der Waals surface area contributed by atoms with E-state index in [-0.39, 0.29) is 5.91 Å². The molecular formula is C15H24N2O3. The molecule has 0 spiro atoms. The summed E-state index contributed by atoms with van der Waals surface area (Å²) in [4.78, 5) is 14.0. The number of carbonyl (C=O) groups is 1. The van der Waals surface area contributed by atoms with Gasteiger partial charge in [0, 0.05) is 19.2 Å². The van der Waals surface area contributed by atoms with Crippen LogP contribution in [0.3, 0.4) is 0 Å². The minimum Gasteiger partial charge on any atom is -0.497 e. The Kier molecular flexibility index (Phi) is 6.87. The summed E-state index contributed by atoms with van der Waals surface area (Å²) in [5.74, 6) is 1.27. The fourth-order valence-electron chi connectivity index (χ4n) is 1.68. The van der Waals surface area contributed by atoms with Crippen molar-refractivity contribution in [1.82, 2.24) is 10.2 Å². The molecule has 0 fully saturated rings. The van der Waals surface area contributed by atoms with Gasteiger partial charge in [-0.25, -0.2) is 0 Å². The summed E-state index contributed by atoms with van der Waals surface area (Å²) in [6.07, 6.45) is 0.134. The highest BCUT2D eigenvalue weighted by Gasteiger charge is 2.18. The molecule has 1 amide bonds. The van der Waals surface area contributed by atoms with Crippen LogP contribution in [-0.2, 0) is 4.79 Å². The van der Waals surface area contributed by atoms with E-state index >= 15 is 0 Å². The zero-order valence-corrected chi connectivity index (χ0v) is 12.7. The maximum Gasteiger partial charge on any atom is 0.261 e. The number of benzene rings is 1. The molecular weight excluding hydrogens is 256 g/mol. The number of carbonyl (C=O) groups excluding carboxylic acids is 1. The van der Waals surface area contributed by atoms with E-state index in [0.717, 1.165) is 6.54 Å². The first kappa shape index (κ1) is 16.3. The largest absolute Gasteiger partial charge is 0.497 e. The molecule has 1 N–H and O–H groups in total. The zero-order valence-electron chi connectivity index (χ0n) is 12.7. The second kappa shape index (κ2) is 8.43. The van der Waals surface area contributed by atoms with Gasteiger partial charge in [-0.1, -0.05) is 13.0 Å². The maximum atomic E-state index is 12.0. The molecule has 1 rings (SSSR count). The summed E-state index contributed by atoms with van der Waals surface area (Å²) < 4.78 is 10.9. The van der Waals surface area contributed by atoms with E-state index in [2.05, 4.69) is 5.32 Å². The van der Waals surface area contributed by atoms with Gasteiger partial charge in [-0.05, 0) is 32.6 Å². The van der Waals surface area contributed by atoms with Crippen molar-refractivity contribution in [2.75, 3.05) is 34.3 Å². The lowest BCUT2D eigenvalue weighted by Gasteiger charge is -2.18. The second-order valence-corrected chi connectivity index (χ2v) is 4.79. The smallest absolute Gasteiger partial charge is 0.261 e. The van der Waals surface area contributed by atoms with E-state index in [0.29, 0.717) is 24.5 Å². The summed E-state index contributed by atoms with van der Waals surface area (Å²) in [6.45, 7) is 3.35. The average molecular weight is 280 g/mol. The van der Waals surface area contributed by atoms with E-state index < -0.39 is 6.10 Å². The molecule has 0 aliphatic carbocycles. The molecule has 1 aromatic rings. The van der Waals surface area contributed by atoms with Crippen molar-refractivity contribution in [2.45, 2.75) is 19.4 Å². The maximum absolute atomic E-state index is 12.0. The van der Waals surface area contributed by atoms with Gasteiger partial charge >= 0.3 is 0 Å². The molecule has 1 aromatic carbocycles. The summed E-state index contributed by atoms with van der Waals surface area (Å²) >= 11 is 0. The average Bonchev–Trinajstić information content (AvgIpc) is 2.44. The molecule has 5 nitrogen and oxygen atoms in total. The quantitative estimate of drug-likeness (QED) is 0.784. The van der Waals surface area contributed by atoms with E-state index in [1.54, 1.807) is 13.2 Å². The third kappa shape index (κ3) is 5.48. The number of hydrogen-bond donors (Lipinski definition) is 1. The number of likely N-dealkylation sites (N-methyl/N-ethyl adjacent to an activating group) is 1. The Balaban J connectivity index is 2.54. The topological polar surface area (TPSA) is 50.8 Å². The van der Waals surface area contributed by atoms with E-state index in [1.807, 2.05) is 44.1 Å². The van der Waals surface area contributed by atoms with Crippen LogP contribution in [0.15, 0.2) is 24.3 Å². The van der Waals surface area contributed by atoms with Gasteiger partial charge in [-0.3, -0.25) is 4.79 Å². The van der Waals surface area contributed by atoms with Gasteiger partial charge in [0.1, 0.15) is 11.5 Å². The monoisotopic (exact) mass is 280 g/mol. The summed E-state index contributed by atoms with van der Waals surface area (Å²) in [5, 5.41) is 2.88. The third-order valence-corrected chi connectivity index (χ3v) is 2.84. The first-order valence-corrected chi connectivity index (χ1v) is 6.80. The number of ether oxygens (including phenoxy) is 2. The highest BCUT2D eigenvalue weighted by Crippen LogP contribution is 2.20. The van der Waals surface area contributed by atoms with Gasteiger partial charge in [-0.2, -0.15) is 0 Å². The lowest BCUT2D eigenvalue weighted by molar-refractivity contribution is -0.128. The Bertz CT molecular complexity index is 421. The lowest BCUT2D eigenvalue weighted by Crippen LogP contribution is -2.40. The van der Waals surface area contributed by atoms with E-state index in [4.69, 9.17) is 9.47 Å². The molecule has 0 heterocycles. The van der Waals surface area contributed by atoms with Crippen LogP contribution in [0.2, 0.25) is 0 Å². The van der Waals surface area contributed by atoms with Crippen LogP contribution in [0.25, 0.3) is 0 Å². The molecule has 0 aromatic heterocycles. The minimum absolute atomic E-state index is 0.0860. The van der Waals surface area contributed by atoms with Crippen molar-refractivity contribution in [3.8, 4) is 11.5 Å². The third-order valence-electron chi connectivity index (χ3n) is 2.84. The standard InChI is InChI=1S/C15H24N2O3/c1-5-14(15(18)16-9-10-17(2)3)20-13-8-6-7-12(11-13)19-4/h6-8,11,14H,5,9-10H2,1-4H3,(H,16,18)/t14-/m1/s1. The number of nitrogens with one attached hydrogen (secondary N) is 1.